The molecule has 1 saturated carbocycles. The van der Waals surface area contributed by atoms with Gasteiger partial charge in [0.2, 0.25) is 5.91 Å². The van der Waals surface area contributed by atoms with Crippen LogP contribution in [-0.4, -0.2) is 30.0 Å². The zero-order chi connectivity index (χ0) is 15.2. The molecule has 1 aromatic rings. The molecule has 2 rings (SSSR count). The van der Waals surface area contributed by atoms with Crippen molar-refractivity contribution < 1.29 is 4.79 Å². The SMILES string of the molecule is CCN(CC)c1ccc(NC(=O)C2CCCC(N)C2)cn1.Cl.Cl. The number of hydrogen-bond acceptors (Lipinski definition) is 4. The van der Waals surface area contributed by atoms with Gasteiger partial charge >= 0.3 is 0 Å². The standard InChI is InChI=1S/C16H26N4O.2ClH/c1-3-20(4-2)15-9-8-14(11-18-15)19-16(21)12-6-5-7-13(17)10-12;;/h8-9,11-13H,3-7,10,17H2,1-2H3,(H,19,21);2*1H. The Balaban J connectivity index is 0.00000242. The van der Waals surface area contributed by atoms with E-state index < -0.39 is 0 Å². The third kappa shape index (κ3) is 6.16. The van der Waals surface area contributed by atoms with Crippen molar-refractivity contribution in [3.63, 3.8) is 0 Å². The lowest BCUT2D eigenvalue weighted by Gasteiger charge is -2.25. The number of nitrogens with two attached hydrogens (primary N) is 1. The molecular formula is C16H28Cl2N4O. The van der Waals surface area contributed by atoms with E-state index in [1.807, 2.05) is 12.1 Å². The Hall–Kier alpha value is -1.04. The van der Waals surface area contributed by atoms with Crippen LogP contribution < -0.4 is 16.0 Å². The van der Waals surface area contributed by atoms with Crippen molar-refractivity contribution in [3.8, 4) is 0 Å². The quantitative estimate of drug-likeness (QED) is 0.843. The first-order valence-corrected chi connectivity index (χ1v) is 7.91. The maximum absolute atomic E-state index is 12.2. The fourth-order valence-corrected chi connectivity index (χ4v) is 2.90. The van der Waals surface area contributed by atoms with Crippen LogP contribution in [0.25, 0.3) is 0 Å². The van der Waals surface area contributed by atoms with E-state index in [1.165, 1.54) is 0 Å². The van der Waals surface area contributed by atoms with E-state index in [0.29, 0.717) is 0 Å². The second-order valence-corrected chi connectivity index (χ2v) is 5.69. The van der Waals surface area contributed by atoms with Gasteiger partial charge in [-0.25, -0.2) is 4.98 Å². The average molecular weight is 363 g/mol. The largest absolute Gasteiger partial charge is 0.357 e. The van der Waals surface area contributed by atoms with Gasteiger partial charge in [0.05, 0.1) is 11.9 Å². The van der Waals surface area contributed by atoms with Gasteiger partial charge in [-0.05, 0) is 45.2 Å². The molecule has 0 bridgehead atoms. The van der Waals surface area contributed by atoms with E-state index in [2.05, 4.69) is 29.0 Å². The van der Waals surface area contributed by atoms with Crippen molar-refractivity contribution in [1.82, 2.24) is 4.98 Å². The number of carbonyl (C=O) groups excluding carboxylic acids is 1. The summed E-state index contributed by atoms with van der Waals surface area (Å²) >= 11 is 0. The van der Waals surface area contributed by atoms with Crippen LogP contribution in [0.1, 0.15) is 39.5 Å². The molecule has 1 fully saturated rings. The number of carbonyl (C=O) groups is 1. The Morgan fingerprint density at radius 2 is 2.00 bits per heavy atom. The van der Waals surface area contributed by atoms with Gasteiger partial charge in [0.25, 0.3) is 0 Å². The Morgan fingerprint density at radius 3 is 2.52 bits per heavy atom. The molecule has 5 nitrogen and oxygen atoms in total. The van der Waals surface area contributed by atoms with Gasteiger partial charge in [0, 0.05) is 25.0 Å². The van der Waals surface area contributed by atoms with E-state index in [1.54, 1.807) is 6.20 Å². The lowest BCUT2D eigenvalue weighted by Crippen LogP contribution is -2.34. The molecule has 1 aliphatic rings. The summed E-state index contributed by atoms with van der Waals surface area (Å²) in [5, 5.41) is 2.96. The van der Waals surface area contributed by atoms with Crippen LogP contribution >= 0.6 is 24.8 Å². The third-order valence-electron chi connectivity index (χ3n) is 4.19. The van der Waals surface area contributed by atoms with Crippen molar-refractivity contribution in [2.24, 2.45) is 11.7 Å². The molecule has 132 valence electrons. The van der Waals surface area contributed by atoms with Crippen LogP contribution in [0.3, 0.4) is 0 Å². The van der Waals surface area contributed by atoms with Gasteiger partial charge in [-0.2, -0.15) is 0 Å². The van der Waals surface area contributed by atoms with Crippen LogP contribution in [0.5, 0.6) is 0 Å². The number of nitrogens with one attached hydrogen (secondary N) is 1. The van der Waals surface area contributed by atoms with Crippen LogP contribution in [0.4, 0.5) is 11.5 Å². The van der Waals surface area contributed by atoms with Gasteiger partial charge in [0.1, 0.15) is 5.82 Å². The Kier molecular flexibility index (Phi) is 10.2. The molecule has 1 amide bonds. The molecule has 0 radical (unpaired) electrons. The van der Waals surface area contributed by atoms with Gasteiger partial charge in [-0.3, -0.25) is 4.79 Å². The highest BCUT2D eigenvalue weighted by Gasteiger charge is 2.25. The van der Waals surface area contributed by atoms with E-state index in [-0.39, 0.29) is 42.7 Å². The first-order valence-electron chi connectivity index (χ1n) is 7.91. The number of hydrogen-bond donors (Lipinski definition) is 2. The van der Waals surface area contributed by atoms with Gasteiger partial charge in [0.15, 0.2) is 0 Å². The van der Waals surface area contributed by atoms with E-state index in [9.17, 15) is 4.79 Å². The second-order valence-electron chi connectivity index (χ2n) is 5.69. The van der Waals surface area contributed by atoms with Crippen LogP contribution in [0, 0.1) is 5.92 Å². The first-order chi connectivity index (χ1) is 10.1. The van der Waals surface area contributed by atoms with Crippen molar-refractivity contribution in [2.45, 2.75) is 45.6 Å². The molecule has 0 spiro atoms. The van der Waals surface area contributed by atoms with Crippen LogP contribution in [0.2, 0.25) is 0 Å². The highest BCUT2D eigenvalue weighted by Crippen LogP contribution is 2.24. The Bertz CT molecular complexity index is 466. The summed E-state index contributed by atoms with van der Waals surface area (Å²) in [6.07, 6.45) is 5.53. The summed E-state index contributed by atoms with van der Waals surface area (Å²) in [5.41, 5.74) is 6.70. The van der Waals surface area contributed by atoms with E-state index in [0.717, 1.165) is 50.3 Å². The minimum atomic E-state index is 0. The van der Waals surface area contributed by atoms with Crippen LogP contribution in [-0.2, 0) is 4.79 Å². The first kappa shape index (κ1) is 22.0. The second kappa shape index (κ2) is 10.7. The minimum absolute atomic E-state index is 0. The molecular weight excluding hydrogens is 335 g/mol. The number of amides is 1. The fraction of sp³-hybridized carbons (Fsp3) is 0.625. The molecule has 1 aliphatic carbocycles. The summed E-state index contributed by atoms with van der Waals surface area (Å²) < 4.78 is 0. The number of rotatable bonds is 5. The highest BCUT2D eigenvalue weighted by atomic mass is 35.5. The number of nitrogens with zero attached hydrogens (tertiary/aromatic N) is 2. The lowest BCUT2D eigenvalue weighted by atomic mass is 9.85. The van der Waals surface area contributed by atoms with Gasteiger partial charge < -0.3 is 16.0 Å². The predicted octanol–water partition coefficient (Wildman–Crippen LogP) is 3.23. The zero-order valence-electron chi connectivity index (χ0n) is 13.8. The molecule has 2 atom stereocenters. The molecule has 7 heteroatoms. The monoisotopic (exact) mass is 362 g/mol. The molecule has 0 aliphatic heterocycles. The van der Waals surface area contributed by atoms with E-state index in [4.69, 9.17) is 5.73 Å². The molecule has 0 aromatic carbocycles. The molecule has 1 aromatic heterocycles. The molecule has 1 heterocycles. The zero-order valence-corrected chi connectivity index (χ0v) is 15.5. The van der Waals surface area contributed by atoms with Gasteiger partial charge in [-0.15, -0.1) is 24.8 Å². The number of halogens is 2. The molecule has 2 unspecified atom stereocenters. The fourth-order valence-electron chi connectivity index (χ4n) is 2.90. The summed E-state index contributed by atoms with van der Waals surface area (Å²) in [6, 6.07) is 4.04. The summed E-state index contributed by atoms with van der Waals surface area (Å²) in [4.78, 5) is 18.8. The third-order valence-corrected chi connectivity index (χ3v) is 4.19. The average Bonchev–Trinajstić information content (AvgIpc) is 2.50. The van der Waals surface area contributed by atoms with Crippen molar-refractivity contribution in [2.75, 3.05) is 23.3 Å². The summed E-state index contributed by atoms with van der Waals surface area (Å²) in [7, 11) is 0. The Morgan fingerprint density at radius 1 is 1.30 bits per heavy atom. The summed E-state index contributed by atoms with van der Waals surface area (Å²) in [6.45, 7) is 6.06. The number of anilines is 2. The van der Waals surface area contributed by atoms with Gasteiger partial charge in [-0.1, -0.05) is 6.42 Å². The molecule has 0 saturated heterocycles. The maximum Gasteiger partial charge on any atom is 0.227 e. The summed E-state index contributed by atoms with van der Waals surface area (Å²) in [5.74, 6) is 1.05. The van der Waals surface area contributed by atoms with Crippen molar-refractivity contribution in [1.29, 1.82) is 0 Å². The lowest BCUT2D eigenvalue weighted by molar-refractivity contribution is -0.120. The smallest absolute Gasteiger partial charge is 0.227 e. The van der Waals surface area contributed by atoms with E-state index >= 15 is 0 Å². The molecule has 3 N–H and O–H groups in total. The van der Waals surface area contributed by atoms with Crippen molar-refractivity contribution in [3.05, 3.63) is 18.3 Å². The normalized spacial score (nSPS) is 20.0. The number of pyridine rings is 1. The minimum Gasteiger partial charge on any atom is -0.357 e. The van der Waals surface area contributed by atoms with Crippen molar-refractivity contribution >= 4 is 42.2 Å². The predicted molar refractivity (Wildman–Crippen MR) is 101 cm³/mol. The van der Waals surface area contributed by atoms with Crippen LogP contribution in [0.15, 0.2) is 18.3 Å². The molecule has 23 heavy (non-hydrogen) atoms. The topological polar surface area (TPSA) is 71.2 Å². The highest BCUT2D eigenvalue weighted by molar-refractivity contribution is 5.92. The number of aromatic nitrogens is 1. The Labute approximate surface area is 151 Å². The maximum atomic E-state index is 12.2.